The fraction of sp³-hybridized carbons (Fsp3) is 0.471. The van der Waals surface area contributed by atoms with Crippen molar-refractivity contribution in [3.05, 3.63) is 28.1 Å². The Morgan fingerprint density at radius 2 is 2.15 bits per heavy atom. The number of ether oxygens (including phenoxy) is 1. The number of alkyl halides is 3. The third-order valence-electron chi connectivity index (χ3n) is 4.33. The monoisotopic (exact) mass is 405 g/mol. The maximum atomic E-state index is 12.6. The van der Waals surface area contributed by atoms with Gasteiger partial charge in [-0.15, -0.1) is 24.5 Å². The van der Waals surface area contributed by atoms with Crippen LogP contribution in [0.4, 0.5) is 18.3 Å². The number of anilines is 1. The van der Waals surface area contributed by atoms with E-state index in [1.807, 2.05) is 0 Å². The number of nitrogens with zero attached hydrogens (tertiary/aromatic N) is 2. The van der Waals surface area contributed by atoms with Crippen LogP contribution >= 0.6 is 22.9 Å². The van der Waals surface area contributed by atoms with Gasteiger partial charge in [0.15, 0.2) is 5.13 Å². The van der Waals surface area contributed by atoms with Crippen LogP contribution in [-0.4, -0.2) is 35.9 Å². The van der Waals surface area contributed by atoms with Crippen molar-refractivity contribution >= 4 is 28.1 Å². The zero-order chi connectivity index (χ0) is 18.9. The summed E-state index contributed by atoms with van der Waals surface area (Å²) in [6.45, 7) is 3.89. The molecule has 0 radical (unpaired) electrons. The van der Waals surface area contributed by atoms with Gasteiger partial charge in [0, 0.05) is 35.1 Å². The molecule has 0 spiro atoms. The molecule has 1 aromatic heterocycles. The standard InChI is InChI=1S/C17H19ClF3N3OS/c1-10-4-3-5-24(10)9-14-15(23-16(22-2)26-14)11-6-12(18)8-13(7-11)25-17(19,20)21/h6-8,10H,3-5,9H2,1-2H3,(H,22,23). The second-order valence-corrected chi connectivity index (χ2v) is 7.75. The molecule has 1 atom stereocenters. The Morgan fingerprint density at radius 3 is 2.77 bits per heavy atom. The molecule has 26 heavy (non-hydrogen) atoms. The first-order valence-corrected chi connectivity index (χ1v) is 9.43. The van der Waals surface area contributed by atoms with Gasteiger partial charge in [-0.05, 0) is 44.5 Å². The first-order valence-electron chi connectivity index (χ1n) is 8.23. The third-order valence-corrected chi connectivity index (χ3v) is 5.60. The number of benzene rings is 1. The van der Waals surface area contributed by atoms with Crippen LogP contribution < -0.4 is 10.1 Å². The molecule has 1 unspecified atom stereocenters. The zero-order valence-corrected chi connectivity index (χ0v) is 15.9. The van der Waals surface area contributed by atoms with E-state index in [2.05, 4.69) is 26.9 Å². The van der Waals surface area contributed by atoms with Gasteiger partial charge in [-0.3, -0.25) is 4.90 Å². The molecule has 1 N–H and O–H groups in total. The predicted molar refractivity (Wildman–Crippen MR) is 97.9 cm³/mol. The van der Waals surface area contributed by atoms with Gasteiger partial charge in [0.2, 0.25) is 0 Å². The van der Waals surface area contributed by atoms with Crippen molar-refractivity contribution in [2.75, 3.05) is 18.9 Å². The van der Waals surface area contributed by atoms with Gasteiger partial charge in [-0.1, -0.05) is 11.6 Å². The fourth-order valence-electron chi connectivity index (χ4n) is 3.10. The Balaban J connectivity index is 1.96. The van der Waals surface area contributed by atoms with E-state index in [4.69, 9.17) is 11.6 Å². The van der Waals surface area contributed by atoms with Gasteiger partial charge >= 0.3 is 6.36 Å². The molecule has 3 rings (SSSR count). The van der Waals surface area contributed by atoms with E-state index in [0.29, 0.717) is 29.0 Å². The molecule has 1 aliphatic heterocycles. The number of hydrogen-bond acceptors (Lipinski definition) is 5. The zero-order valence-electron chi connectivity index (χ0n) is 14.4. The summed E-state index contributed by atoms with van der Waals surface area (Å²) < 4.78 is 41.7. The van der Waals surface area contributed by atoms with Gasteiger partial charge < -0.3 is 10.1 Å². The molecule has 4 nitrogen and oxygen atoms in total. The van der Waals surface area contributed by atoms with Gasteiger partial charge in [-0.25, -0.2) is 4.98 Å². The minimum atomic E-state index is -4.77. The smallest absolute Gasteiger partial charge is 0.406 e. The van der Waals surface area contributed by atoms with Crippen LogP contribution in [0.15, 0.2) is 18.2 Å². The molecule has 2 heterocycles. The largest absolute Gasteiger partial charge is 0.573 e. The highest BCUT2D eigenvalue weighted by Gasteiger charge is 2.31. The maximum Gasteiger partial charge on any atom is 0.573 e. The molecule has 1 fully saturated rings. The third kappa shape index (κ3) is 4.61. The average molecular weight is 406 g/mol. The number of aromatic nitrogens is 1. The van der Waals surface area contributed by atoms with Crippen LogP contribution in [0, 0.1) is 0 Å². The first-order chi connectivity index (χ1) is 12.2. The predicted octanol–water partition coefficient (Wildman–Crippen LogP) is 5.39. The molecule has 1 saturated heterocycles. The molecular formula is C17H19ClF3N3OS. The molecule has 2 aromatic rings. The Morgan fingerprint density at radius 1 is 1.38 bits per heavy atom. The Bertz CT molecular complexity index is 781. The average Bonchev–Trinajstić information content (AvgIpc) is 3.12. The van der Waals surface area contributed by atoms with Crippen LogP contribution in [-0.2, 0) is 6.54 Å². The summed E-state index contributed by atoms with van der Waals surface area (Å²) in [6, 6.07) is 4.55. The minimum absolute atomic E-state index is 0.168. The van der Waals surface area contributed by atoms with E-state index in [1.165, 1.54) is 17.4 Å². The fourth-order valence-corrected chi connectivity index (χ4v) is 4.28. The summed E-state index contributed by atoms with van der Waals surface area (Å²) in [5.74, 6) is -0.348. The lowest BCUT2D eigenvalue weighted by atomic mass is 10.1. The van der Waals surface area contributed by atoms with E-state index in [1.54, 1.807) is 13.1 Å². The van der Waals surface area contributed by atoms with E-state index in [0.717, 1.165) is 30.3 Å². The van der Waals surface area contributed by atoms with Crippen molar-refractivity contribution in [1.82, 2.24) is 9.88 Å². The molecule has 1 aliphatic rings. The molecule has 0 bridgehead atoms. The van der Waals surface area contributed by atoms with Crippen molar-refractivity contribution in [1.29, 1.82) is 0 Å². The Kier molecular flexibility index (Phi) is 5.64. The normalized spacial score (nSPS) is 18.3. The Hall–Kier alpha value is -1.51. The molecule has 142 valence electrons. The lowest BCUT2D eigenvalue weighted by Crippen LogP contribution is -2.25. The summed E-state index contributed by atoms with van der Waals surface area (Å²) in [5, 5.41) is 3.88. The summed E-state index contributed by atoms with van der Waals surface area (Å²) in [6.07, 6.45) is -2.48. The topological polar surface area (TPSA) is 37.4 Å². The van der Waals surface area contributed by atoms with E-state index in [-0.39, 0.29) is 10.8 Å². The Labute approximate surface area is 158 Å². The van der Waals surface area contributed by atoms with E-state index in [9.17, 15) is 13.2 Å². The quantitative estimate of drug-likeness (QED) is 0.723. The van der Waals surface area contributed by atoms with Crippen LogP contribution in [0.25, 0.3) is 11.3 Å². The van der Waals surface area contributed by atoms with Crippen molar-refractivity contribution in [3.63, 3.8) is 0 Å². The molecular weight excluding hydrogens is 387 g/mol. The molecule has 9 heteroatoms. The van der Waals surface area contributed by atoms with Crippen molar-refractivity contribution < 1.29 is 17.9 Å². The van der Waals surface area contributed by atoms with Gasteiger partial charge in [0.1, 0.15) is 5.75 Å². The molecule has 1 aromatic carbocycles. The lowest BCUT2D eigenvalue weighted by molar-refractivity contribution is -0.274. The number of halogens is 4. The van der Waals surface area contributed by atoms with Crippen molar-refractivity contribution in [2.45, 2.75) is 38.7 Å². The summed E-state index contributed by atoms with van der Waals surface area (Å²) in [4.78, 5) is 7.87. The van der Waals surface area contributed by atoms with Crippen LogP contribution in [0.2, 0.25) is 5.02 Å². The van der Waals surface area contributed by atoms with Crippen LogP contribution in [0.3, 0.4) is 0 Å². The maximum absolute atomic E-state index is 12.6. The SMILES string of the molecule is CNc1nc(-c2cc(Cl)cc(OC(F)(F)F)c2)c(CN2CCCC2C)s1. The van der Waals surface area contributed by atoms with Crippen molar-refractivity contribution in [2.24, 2.45) is 0 Å². The number of nitrogens with one attached hydrogen (secondary N) is 1. The molecule has 0 aliphatic carbocycles. The summed E-state index contributed by atoms with van der Waals surface area (Å²) in [5.41, 5.74) is 1.14. The van der Waals surface area contributed by atoms with Crippen LogP contribution in [0.1, 0.15) is 24.6 Å². The lowest BCUT2D eigenvalue weighted by Gasteiger charge is -2.20. The molecule has 0 saturated carbocycles. The number of thiazole rings is 1. The minimum Gasteiger partial charge on any atom is -0.406 e. The summed E-state index contributed by atoms with van der Waals surface area (Å²) in [7, 11) is 1.76. The second-order valence-electron chi connectivity index (χ2n) is 6.23. The highest BCUT2D eigenvalue weighted by molar-refractivity contribution is 7.16. The van der Waals surface area contributed by atoms with Gasteiger partial charge in [0.25, 0.3) is 0 Å². The highest BCUT2D eigenvalue weighted by atomic mass is 35.5. The first kappa shape index (κ1) is 19.3. The van der Waals surface area contributed by atoms with E-state index >= 15 is 0 Å². The number of likely N-dealkylation sites (tertiary alicyclic amines) is 1. The number of rotatable bonds is 5. The van der Waals surface area contributed by atoms with E-state index < -0.39 is 6.36 Å². The summed E-state index contributed by atoms with van der Waals surface area (Å²) >= 11 is 7.52. The van der Waals surface area contributed by atoms with Crippen LogP contribution in [0.5, 0.6) is 5.75 Å². The van der Waals surface area contributed by atoms with Crippen molar-refractivity contribution in [3.8, 4) is 17.0 Å². The molecule has 0 amide bonds. The van der Waals surface area contributed by atoms with Gasteiger partial charge in [0.05, 0.1) is 5.69 Å². The number of hydrogen-bond donors (Lipinski definition) is 1. The highest BCUT2D eigenvalue weighted by Crippen LogP contribution is 2.37. The van der Waals surface area contributed by atoms with Gasteiger partial charge in [-0.2, -0.15) is 0 Å². The second kappa shape index (κ2) is 7.62.